The summed E-state index contributed by atoms with van der Waals surface area (Å²) < 4.78 is 11.5. The molecule has 2 unspecified atom stereocenters. The molecule has 1 aliphatic rings. The van der Waals surface area contributed by atoms with Crippen LogP contribution >= 0.6 is 0 Å². The minimum atomic E-state index is -0.884. The number of amides is 1. The fourth-order valence-corrected chi connectivity index (χ4v) is 3.32. The van der Waals surface area contributed by atoms with Crippen LogP contribution in [-0.4, -0.2) is 37.3 Å². The van der Waals surface area contributed by atoms with Crippen LogP contribution in [-0.2, 0) is 9.53 Å². The highest BCUT2D eigenvalue weighted by atomic mass is 16.5. The van der Waals surface area contributed by atoms with Crippen molar-refractivity contribution >= 4 is 5.91 Å². The number of nitrogens with two attached hydrogens (primary N) is 1. The molecule has 5 heteroatoms. The van der Waals surface area contributed by atoms with Gasteiger partial charge in [0, 0.05) is 18.4 Å². The van der Waals surface area contributed by atoms with E-state index in [1.54, 1.807) is 0 Å². The maximum absolute atomic E-state index is 12.5. The molecule has 2 atom stereocenters. The Morgan fingerprint density at radius 3 is 2.50 bits per heavy atom. The lowest BCUT2D eigenvalue weighted by atomic mass is 9.54. The van der Waals surface area contributed by atoms with Crippen molar-refractivity contribution in [3.05, 3.63) is 29.3 Å². The molecule has 1 saturated carbocycles. The topological polar surface area (TPSA) is 73.6 Å². The summed E-state index contributed by atoms with van der Waals surface area (Å²) in [6.45, 7) is 11.4. The molecule has 0 aliphatic heterocycles. The minimum absolute atomic E-state index is 0.0316. The van der Waals surface area contributed by atoms with Crippen LogP contribution in [0.5, 0.6) is 5.75 Å². The number of hydrogen-bond acceptors (Lipinski definition) is 4. The zero-order valence-electron chi connectivity index (χ0n) is 15.4. The summed E-state index contributed by atoms with van der Waals surface area (Å²) in [7, 11) is 0. The van der Waals surface area contributed by atoms with Crippen LogP contribution in [0.2, 0.25) is 0 Å². The van der Waals surface area contributed by atoms with Gasteiger partial charge in [0.1, 0.15) is 17.9 Å². The third-order valence-corrected chi connectivity index (χ3v) is 5.28. The molecule has 2 rings (SSSR count). The molecule has 0 saturated heterocycles. The second-order valence-corrected chi connectivity index (χ2v) is 7.17. The Labute approximate surface area is 144 Å². The number of para-hydroxylation sites is 1. The van der Waals surface area contributed by atoms with Crippen molar-refractivity contribution in [3.8, 4) is 5.75 Å². The van der Waals surface area contributed by atoms with Crippen molar-refractivity contribution in [1.29, 1.82) is 0 Å². The molecule has 0 heterocycles. The number of carbonyl (C=O) groups excluding carboxylic acids is 1. The van der Waals surface area contributed by atoms with Gasteiger partial charge in [0.05, 0.1) is 12.6 Å². The predicted octanol–water partition coefficient (Wildman–Crippen LogP) is 2.33. The average molecular weight is 334 g/mol. The van der Waals surface area contributed by atoms with E-state index in [0.29, 0.717) is 26.2 Å². The monoisotopic (exact) mass is 334 g/mol. The van der Waals surface area contributed by atoms with Crippen molar-refractivity contribution in [2.45, 2.75) is 52.7 Å². The molecule has 1 aliphatic carbocycles. The molecule has 1 amide bonds. The summed E-state index contributed by atoms with van der Waals surface area (Å²) >= 11 is 0. The summed E-state index contributed by atoms with van der Waals surface area (Å²) in [4.78, 5) is 12.5. The van der Waals surface area contributed by atoms with Crippen LogP contribution in [0.25, 0.3) is 0 Å². The number of hydrogen-bond donors (Lipinski definition) is 2. The molecule has 3 N–H and O–H groups in total. The Hall–Kier alpha value is -1.59. The summed E-state index contributed by atoms with van der Waals surface area (Å²) in [6, 6.07) is 6.03. The maximum Gasteiger partial charge on any atom is 0.240 e. The first-order chi connectivity index (χ1) is 11.2. The van der Waals surface area contributed by atoms with E-state index in [-0.39, 0.29) is 17.4 Å². The first kappa shape index (κ1) is 18.7. The first-order valence-corrected chi connectivity index (χ1v) is 8.62. The molecular weight excluding hydrogens is 304 g/mol. The predicted molar refractivity (Wildman–Crippen MR) is 95.2 cm³/mol. The summed E-state index contributed by atoms with van der Waals surface area (Å²) in [5.41, 5.74) is 7.28. The van der Waals surface area contributed by atoms with Crippen molar-refractivity contribution in [1.82, 2.24) is 5.32 Å². The van der Waals surface area contributed by atoms with Gasteiger partial charge in [-0.1, -0.05) is 32.0 Å². The Balaban J connectivity index is 1.84. The second-order valence-electron chi connectivity index (χ2n) is 7.17. The Morgan fingerprint density at radius 2 is 1.96 bits per heavy atom. The van der Waals surface area contributed by atoms with Gasteiger partial charge in [-0.2, -0.15) is 0 Å². The van der Waals surface area contributed by atoms with E-state index in [0.717, 1.165) is 16.9 Å². The highest BCUT2D eigenvalue weighted by Gasteiger charge is 2.62. The number of rotatable bonds is 7. The zero-order valence-corrected chi connectivity index (χ0v) is 15.4. The van der Waals surface area contributed by atoms with Crippen LogP contribution in [0.3, 0.4) is 0 Å². The molecular formula is C19H30N2O3. The fraction of sp³-hybridized carbons (Fsp3) is 0.632. The van der Waals surface area contributed by atoms with Crippen LogP contribution in [0, 0.1) is 19.3 Å². The Morgan fingerprint density at radius 1 is 1.33 bits per heavy atom. The van der Waals surface area contributed by atoms with Gasteiger partial charge < -0.3 is 20.5 Å². The van der Waals surface area contributed by atoms with E-state index in [1.807, 2.05) is 52.8 Å². The third-order valence-electron chi connectivity index (χ3n) is 5.28. The van der Waals surface area contributed by atoms with E-state index in [2.05, 4.69) is 5.32 Å². The van der Waals surface area contributed by atoms with Gasteiger partial charge in [0.2, 0.25) is 5.91 Å². The Kier molecular flexibility index (Phi) is 5.56. The van der Waals surface area contributed by atoms with E-state index >= 15 is 0 Å². The molecule has 1 aromatic carbocycles. The van der Waals surface area contributed by atoms with Crippen molar-refractivity contribution < 1.29 is 14.3 Å². The molecule has 134 valence electrons. The van der Waals surface area contributed by atoms with Crippen LogP contribution < -0.4 is 15.8 Å². The van der Waals surface area contributed by atoms with E-state index in [1.165, 1.54) is 0 Å². The molecule has 0 bridgehead atoms. The van der Waals surface area contributed by atoms with Gasteiger partial charge in [-0.05, 0) is 31.9 Å². The molecule has 0 aromatic heterocycles. The van der Waals surface area contributed by atoms with Gasteiger partial charge in [-0.15, -0.1) is 0 Å². The number of benzene rings is 1. The van der Waals surface area contributed by atoms with Gasteiger partial charge in [-0.3, -0.25) is 4.79 Å². The van der Waals surface area contributed by atoms with Crippen LogP contribution in [0.15, 0.2) is 18.2 Å². The second kappa shape index (κ2) is 7.11. The van der Waals surface area contributed by atoms with Crippen molar-refractivity contribution in [2.24, 2.45) is 11.1 Å². The molecule has 1 fully saturated rings. The van der Waals surface area contributed by atoms with Gasteiger partial charge in [0.15, 0.2) is 0 Å². The average Bonchev–Trinajstić information content (AvgIpc) is 2.53. The van der Waals surface area contributed by atoms with Gasteiger partial charge in [-0.25, -0.2) is 0 Å². The summed E-state index contributed by atoms with van der Waals surface area (Å²) in [5, 5.41) is 2.91. The van der Waals surface area contributed by atoms with E-state index in [9.17, 15) is 4.79 Å². The first-order valence-electron chi connectivity index (χ1n) is 8.62. The zero-order chi connectivity index (χ0) is 18.0. The largest absolute Gasteiger partial charge is 0.491 e. The maximum atomic E-state index is 12.5. The molecule has 0 spiro atoms. The minimum Gasteiger partial charge on any atom is -0.491 e. The van der Waals surface area contributed by atoms with Crippen LogP contribution in [0.4, 0.5) is 0 Å². The lowest BCUT2D eigenvalue weighted by molar-refractivity contribution is -0.170. The standard InChI is InChI=1S/C19H30N2O3/c1-6-23-15-12-19(20,18(15,4)5)17(22)21-10-11-24-16-13(2)8-7-9-14(16)3/h7-9,15H,6,10-12,20H2,1-5H3,(H,21,22). The van der Waals surface area contributed by atoms with Gasteiger partial charge in [0.25, 0.3) is 0 Å². The normalized spacial score (nSPS) is 25.0. The van der Waals surface area contributed by atoms with E-state index < -0.39 is 5.54 Å². The highest BCUT2D eigenvalue weighted by molar-refractivity contribution is 5.88. The van der Waals surface area contributed by atoms with Gasteiger partial charge >= 0.3 is 0 Å². The Bertz CT molecular complexity index is 580. The lowest BCUT2D eigenvalue weighted by Crippen LogP contribution is -2.75. The van der Waals surface area contributed by atoms with E-state index in [4.69, 9.17) is 15.2 Å². The number of aryl methyl sites for hydroxylation is 2. The highest BCUT2D eigenvalue weighted by Crippen LogP contribution is 2.49. The fourth-order valence-electron chi connectivity index (χ4n) is 3.32. The number of ether oxygens (including phenoxy) is 2. The smallest absolute Gasteiger partial charge is 0.240 e. The van der Waals surface area contributed by atoms with Crippen molar-refractivity contribution in [2.75, 3.05) is 19.8 Å². The van der Waals surface area contributed by atoms with Crippen LogP contribution in [0.1, 0.15) is 38.3 Å². The number of nitrogens with one attached hydrogen (secondary N) is 1. The lowest BCUT2D eigenvalue weighted by Gasteiger charge is -2.57. The van der Waals surface area contributed by atoms with Crippen molar-refractivity contribution in [3.63, 3.8) is 0 Å². The molecule has 1 aromatic rings. The molecule has 0 radical (unpaired) electrons. The quantitative estimate of drug-likeness (QED) is 0.751. The number of carbonyl (C=O) groups is 1. The summed E-state index contributed by atoms with van der Waals surface area (Å²) in [6.07, 6.45) is 0.585. The SMILES string of the molecule is CCOC1CC(N)(C(=O)NCCOc2c(C)cccc2C)C1(C)C. The summed E-state index contributed by atoms with van der Waals surface area (Å²) in [5.74, 6) is 0.753. The third kappa shape index (κ3) is 3.28. The molecule has 24 heavy (non-hydrogen) atoms. The molecule has 5 nitrogen and oxygen atoms in total.